The molecule has 3 heterocycles. The van der Waals surface area contributed by atoms with E-state index in [2.05, 4.69) is 4.98 Å². The van der Waals surface area contributed by atoms with Gasteiger partial charge in [-0.05, 0) is 44.0 Å². The number of nitrogens with zero attached hydrogens (tertiary/aromatic N) is 3. The van der Waals surface area contributed by atoms with E-state index in [1.165, 1.54) is 10.6 Å². The molecule has 2 aromatic rings. The van der Waals surface area contributed by atoms with Crippen LogP contribution >= 0.6 is 0 Å². The molecule has 7 nitrogen and oxygen atoms in total. The lowest BCUT2D eigenvalue weighted by atomic mass is 10.1. The van der Waals surface area contributed by atoms with Crippen LogP contribution in [0.4, 0.5) is 0 Å². The minimum atomic E-state index is -3.64. The van der Waals surface area contributed by atoms with Crippen molar-refractivity contribution in [3.8, 4) is 5.75 Å². The highest BCUT2D eigenvalue weighted by Crippen LogP contribution is 2.32. The average molecular weight is 375 g/mol. The van der Waals surface area contributed by atoms with Crippen molar-refractivity contribution in [2.24, 2.45) is 0 Å². The summed E-state index contributed by atoms with van der Waals surface area (Å²) in [5.74, 6) is 0.752. The number of aryl methyl sites for hydroxylation is 1. The Bertz CT molecular complexity index is 1030. The predicted octanol–water partition coefficient (Wildman–Crippen LogP) is 1.33. The molecule has 2 aliphatic heterocycles. The van der Waals surface area contributed by atoms with Gasteiger partial charge in [0.15, 0.2) is 0 Å². The molecule has 0 saturated heterocycles. The first-order chi connectivity index (χ1) is 12.4. The second kappa shape index (κ2) is 6.21. The Morgan fingerprint density at radius 2 is 2.15 bits per heavy atom. The monoisotopic (exact) mass is 375 g/mol. The third-order valence-corrected chi connectivity index (χ3v) is 6.84. The zero-order valence-electron chi connectivity index (χ0n) is 14.8. The van der Waals surface area contributed by atoms with Crippen LogP contribution in [0.25, 0.3) is 0 Å². The molecule has 0 N–H and O–H groups in total. The maximum Gasteiger partial charge on any atom is 0.256 e. The number of hydrogen-bond acceptors (Lipinski definition) is 5. The summed E-state index contributed by atoms with van der Waals surface area (Å²) >= 11 is 0. The Morgan fingerprint density at radius 1 is 1.35 bits per heavy atom. The van der Waals surface area contributed by atoms with Gasteiger partial charge in [-0.3, -0.25) is 9.36 Å². The van der Waals surface area contributed by atoms with Gasteiger partial charge < -0.3 is 4.74 Å². The van der Waals surface area contributed by atoms with E-state index in [1.807, 2.05) is 13.8 Å². The van der Waals surface area contributed by atoms with Gasteiger partial charge >= 0.3 is 0 Å². The first kappa shape index (κ1) is 17.2. The fourth-order valence-corrected chi connectivity index (χ4v) is 5.03. The van der Waals surface area contributed by atoms with Crippen LogP contribution in [-0.2, 0) is 36.0 Å². The van der Waals surface area contributed by atoms with Crippen LogP contribution in [0, 0.1) is 0 Å². The molecule has 2 aliphatic rings. The molecule has 0 amide bonds. The maximum absolute atomic E-state index is 13.1. The first-order valence-corrected chi connectivity index (χ1v) is 10.2. The number of hydrogen-bond donors (Lipinski definition) is 0. The number of rotatable bonds is 3. The van der Waals surface area contributed by atoms with E-state index in [1.54, 1.807) is 22.8 Å². The summed E-state index contributed by atoms with van der Waals surface area (Å²) in [6.45, 7) is 4.81. The molecular weight excluding hydrogens is 354 g/mol. The molecule has 1 unspecified atom stereocenters. The Kier molecular flexibility index (Phi) is 4.11. The van der Waals surface area contributed by atoms with Gasteiger partial charge in [0.25, 0.3) is 5.56 Å². The van der Waals surface area contributed by atoms with Crippen molar-refractivity contribution >= 4 is 10.0 Å². The van der Waals surface area contributed by atoms with Gasteiger partial charge in [0, 0.05) is 25.1 Å². The largest absolute Gasteiger partial charge is 0.490 e. The summed E-state index contributed by atoms with van der Waals surface area (Å²) in [7, 11) is -3.64. The van der Waals surface area contributed by atoms with E-state index in [9.17, 15) is 13.2 Å². The number of benzene rings is 1. The van der Waals surface area contributed by atoms with E-state index >= 15 is 0 Å². The second-order valence-corrected chi connectivity index (χ2v) is 8.69. The van der Waals surface area contributed by atoms with E-state index in [4.69, 9.17) is 4.74 Å². The molecule has 0 radical (unpaired) electrons. The zero-order chi connectivity index (χ0) is 18.5. The lowest BCUT2D eigenvalue weighted by Gasteiger charge is -2.27. The fourth-order valence-electron chi connectivity index (χ4n) is 3.57. The van der Waals surface area contributed by atoms with Crippen molar-refractivity contribution in [2.45, 2.75) is 50.8 Å². The SMILES string of the molecule is CCn1cnc2c(c1=O)CCN(S(=O)(=O)c1ccc3c(c1)CC(C)O3)C2. The van der Waals surface area contributed by atoms with Gasteiger partial charge in [-0.15, -0.1) is 0 Å². The maximum atomic E-state index is 13.1. The first-order valence-electron chi connectivity index (χ1n) is 8.77. The zero-order valence-corrected chi connectivity index (χ0v) is 15.6. The minimum absolute atomic E-state index is 0.0646. The standard InChI is InChI=1S/C18H21N3O4S/c1-3-20-11-19-16-10-21(7-6-15(16)18(20)22)26(23,24)14-4-5-17-13(9-14)8-12(2)25-17/h4-5,9,11-12H,3,6-8,10H2,1-2H3. The van der Waals surface area contributed by atoms with Crippen molar-refractivity contribution in [3.05, 3.63) is 51.7 Å². The topological polar surface area (TPSA) is 81.5 Å². The summed E-state index contributed by atoms with van der Waals surface area (Å²) in [4.78, 5) is 16.9. The molecule has 0 spiro atoms. The van der Waals surface area contributed by atoms with Crippen molar-refractivity contribution in [1.29, 1.82) is 0 Å². The van der Waals surface area contributed by atoms with Crippen molar-refractivity contribution in [1.82, 2.24) is 13.9 Å². The van der Waals surface area contributed by atoms with Gasteiger partial charge in [0.2, 0.25) is 10.0 Å². The van der Waals surface area contributed by atoms with E-state index in [-0.39, 0.29) is 29.6 Å². The number of ether oxygens (including phenoxy) is 1. The molecule has 0 aliphatic carbocycles. The molecule has 4 rings (SSSR count). The van der Waals surface area contributed by atoms with Crippen LogP contribution in [0.15, 0.2) is 34.2 Å². The number of aromatic nitrogens is 2. The van der Waals surface area contributed by atoms with Crippen molar-refractivity contribution < 1.29 is 13.2 Å². The third kappa shape index (κ3) is 2.73. The summed E-state index contributed by atoms with van der Waals surface area (Å²) in [6.07, 6.45) is 2.65. The summed E-state index contributed by atoms with van der Waals surface area (Å²) < 4.78 is 34.7. The van der Waals surface area contributed by atoms with Crippen LogP contribution < -0.4 is 10.3 Å². The van der Waals surface area contributed by atoms with E-state index in [0.717, 1.165) is 11.3 Å². The molecule has 0 fully saturated rings. The van der Waals surface area contributed by atoms with E-state index in [0.29, 0.717) is 30.6 Å². The number of sulfonamides is 1. The van der Waals surface area contributed by atoms with Gasteiger partial charge in [0.1, 0.15) is 11.9 Å². The molecule has 1 aromatic heterocycles. The predicted molar refractivity (Wildman–Crippen MR) is 95.7 cm³/mol. The fraction of sp³-hybridized carbons (Fsp3) is 0.444. The summed E-state index contributed by atoms with van der Waals surface area (Å²) in [6, 6.07) is 5.01. The average Bonchev–Trinajstić information content (AvgIpc) is 3.01. The van der Waals surface area contributed by atoms with Crippen LogP contribution in [0.1, 0.15) is 30.7 Å². The third-order valence-electron chi connectivity index (χ3n) is 5.00. The van der Waals surface area contributed by atoms with Crippen LogP contribution in [0.3, 0.4) is 0 Å². The summed E-state index contributed by atoms with van der Waals surface area (Å²) in [5, 5.41) is 0. The summed E-state index contributed by atoms with van der Waals surface area (Å²) in [5.41, 5.74) is 2.02. The number of fused-ring (bicyclic) bond motifs is 2. The molecule has 1 aromatic carbocycles. The lowest BCUT2D eigenvalue weighted by Crippen LogP contribution is -2.40. The Balaban J connectivity index is 1.65. The molecular formula is C18H21N3O4S. The van der Waals surface area contributed by atoms with Gasteiger partial charge in [0.05, 0.1) is 23.5 Å². The van der Waals surface area contributed by atoms with Crippen LogP contribution in [-0.4, -0.2) is 34.9 Å². The second-order valence-electron chi connectivity index (χ2n) is 6.75. The highest BCUT2D eigenvalue weighted by molar-refractivity contribution is 7.89. The molecule has 0 saturated carbocycles. The highest BCUT2D eigenvalue weighted by Gasteiger charge is 2.31. The lowest BCUT2D eigenvalue weighted by molar-refractivity contribution is 0.254. The molecule has 1 atom stereocenters. The van der Waals surface area contributed by atoms with Gasteiger partial charge in [-0.25, -0.2) is 13.4 Å². The smallest absolute Gasteiger partial charge is 0.256 e. The Hall–Kier alpha value is -2.19. The Labute approximate surface area is 152 Å². The van der Waals surface area contributed by atoms with Crippen molar-refractivity contribution in [2.75, 3.05) is 6.54 Å². The molecule has 0 bridgehead atoms. The van der Waals surface area contributed by atoms with Gasteiger partial charge in [-0.2, -0.15) is 4.31 Å². The van der Waals surface area contributed by atoms with Gasteiger partial charge in [-0.1, -0.05) is 0 Å². The molecule has 8 heteroatoms. The van der Waals surface area contributed by atoms with E-state index < -0.39 is 10.0 Å². The molecule has 26 heavy (non-hydrogen) atoms. The van der Waals surface area contributed by atoms with Crippen molar-refractivity contribution in [3.63, 3.8) is 0 Å². The Morgan fingerprint density at radius 3 is 2.92 bits per heavy atom. The highest BCUT2D eigenvalue weighted by atomic mass is 32.2. The van der Waals surface area contributed by atoms with Crippen LogP contribution in [0.2, 0.25) is 0 Å². The molecule has 138 valence electrons. The minimum Gasteiger partial charge on any atom is -0.490 e. The normalized spacial score (nSPS) is 19.7. The van der Waals surface area contributed by atoms with Crippen LogP contribution in [0.5, 0.6) is 5.75 Å². The quantitative estimate of drug-likeness (QED) is 0.808.